The second-order valence-electron chi connectivity index (χ2n) is 19.1. The normalized spacial score (nSPS) is 11.3. The van der Waals surface area contributed by atoms with Crippen molar-refractivity contribution < 1.29 is 0 Å². The fourth-order valence-electron chi connectivity index (χ4n) is 10.8. The summed E-state index contributed by atoms with van der Waals surface area (Å²) in [6.45, 7) is 9.01. The van der Waals surface area contributed by atoms with Gasteiger partial charge < -0.3 is 4.90 Å². The van der Waals surface area contributed by atoms with Gasteiger partial charge in [0.1, 0.15) is 0 Å². The van der Waals surface area contributed by atoms with Gasteiger partial charge in [-0.1, -0.05) is 238 Å². The first-order chi connectivity index (χ1) is 32.5. The molecule has 0 amide bonds. The third-order valence-corrected chi connectivity index (χ3v) is 14.3. The summed E-state index contributed by atoms with van der Waals surface area (Å²) in [7, 11) is 0. The molecule has 1 nitrogen and oxygen atoms in total. The summed E-state index contributed by atoms with van der Waals surface area (Å²) < 4.78 is 0. The van der Waals surface area contributed by atoms with E-state index in [-0.39, 0.29) is 14.9 Å². The van der Waals surface area contributed by atoms with Crippen LogP contribution in [0.4, 0.5) is 17.1 Å². The lowest BCUT2D eigenvalue weighted by atomic mass is 9.77. The lowest BCUT2D eigenvalue weighted by molar-refractivity contribution is 0.587. The Hall–Kier alpha value is -6.18. The summed E-state index contributed by atoms with van der Waals surface area (Å²) in [5.74, 6) is 0. The van der Waals surface area contributed by atoms with Crippen molar-refractivity contribution in [3.63, 3.8) is 0 Å². The molecule has 1 heteroatoms. The summed E-state index contributed by atoms with van der Waals surface area (Å²) in [5.41, 5.74) is 23.0. The van der Waals surface area contributed by atoms with Crippen LogP contribution in [0.25, 0.3) is 66.4 Å². The molecule has 0 bridgehead atoms. The van der Waals surface area contributed by atoms with E-state index in [9.17, 15) is 0 Å². The summed E-state index contributed by atoms with van der Waals surface area (Å²) in [5, 5.41) is 2.75. The molecule has 9 rings (SSSR count). The topological polar surface area (TPSA) is 3.24 Å². The molecule has 350 valence electrons. The quantitative estimate of drug-likeness (QED) is 0.0650. The highest BCUT2D eigenvalue weighted by atomic mass is 15.1. The van der Waals surface area contributed by atoms with Gasteiger partial charge in [0, 0.05) is 17.1 Å². The first-order valence-corrected chi connectivity index (χ1v) is 25.5. The Morgan fingerprint density at radius 3 is 1.16 bits per heavy atom. The molecule has 0 heterocycles. The number of hydrogen-bond donors (Lipinski definition) is 0. The van der Waals surface area contributed by atoms with Crippen LogP contribution >= 0.6 is 0 Å². The van der Waals surface area contributed by atoms with Crippen LogP contribution < -0.4 is 4.90 Å². The summed E-state index contributed by atoms with van der Waals surface area (Å²) in [6, 6.07) is 61.9. The number of rotatable bonds is 21. The third kappa shape index (κ3) is 10.7. The number of benzene rings is 8. The van der Waals surface area contributed by atoms with E-state index < -0.39 is 0 Å². The van der Waals surface area contributed by atoms with Gasteiger partial charge in [-0.05, 0) is 153 Å². The first-order valence-electron chi connectivity index (χ1n) is 25.5. The van der Waals surface area contributed by atoms with Crippen LogP contribution in [0, 0.1) is 13.8 Å². The molecule has 0 aromatic heterocycles. The van der Waals surface area contributed by atoms with Crippen molar-refractivity contribution in [2.45, 2.75) is 139 Å². The first kappa shape index (κ1) is 49.7. The predicted molar refractivity (Wildman–Crippen MR) is 301 cm³/mol. The lowest BCUT2D eigenvalue weighted by Crippen LogP contribution is -2.09. The monoisotopic (exact) mass is 896 g/mol. The van der Waals surface area contributed by atoms with Crippen molar-refractivity contribution in [3.8, 4) is 55.6 Å². The second-order valence-corrected chi connectivity index (χ2v) is 19.1. The van der Waals surface area contributed by atoms with Crippen LogP contribution in [0.1, 0.15) is 134 Å². The summed E-state index contributed by atoms with van der Waals surface area (Å²) in [4.78, 5) is 2.35. The molecule has 0 saturated carbocycles. The molecule has 0 unspecified atom stereocenters. The number of fused-ring (bicyclic) bond motifs is 3. The van der Waals surface area contributed by atoms with Crippen molar-refractivity contribution in [2.75, 3.05) is 4.90 Å². The molecule has 1 aliphatic rings. The maximum Gasteiger partial charge on any atom is 0.0462 e. The minimum Gasteiger partial charge on any atom is -0.311 e. The largest absolute Gasteiger partial charge is 0.311 e. The molecular weight excluding hydrogens is 819 g/mol. The van der Waals surface area contributed by atoms with Gasteiger partial charge in [-0.2, -0.15) is 0 Å². The van der Waals surface area contributed by atoms with Crippen molar-refractivity contribution >= 4 is 27.8 Å². The van der Waals surface area contributed by atoms with Crippen LogP contribution in [-0.4, -0.2) is 0 Å². The van der Waals surface area contributed by atoms with Gasteiger partial charge in [0.2, 0.25) is 0 Å². The fourth-order valence-corrected chi connectivity index (χ4v) is 10.8. The van der Waals surface area contributed by atoms with Crippen LogP contribution in [0.5, 0.6) is 0 Å². The molecule has 0 saturated heterocycles. The Kier molecular flexibility index (Phi) is 17.3. The van der Waals surface area contributed by atoms with Crippen molar-refractivity contribution in [1.82, 2.24) is 0 Å². The molecule has 8 aromatic rings. The zero-order valence-electron chi connectivity index (χ0n) is 40.1. The Bertz CT molecular complexity index is 2820. The van der Waals surface area contributed by atoms with Gasteiger partial charge in [0.15, 0.2) is 0 Å². The minimum atomic E-state index is 0. The predicted octanol–water partition coefficient (Wildman–Crippen LogP) is 21.0. The maximum absolute atomic E-state index is 2.44. The van der Waals surface area contributed by atoms with Gasteiger partial charge in [-0.25, -0.2) is 0 Å². The van der Waals surface area contributed by atoms with Crippen molar-refractivity contribution in [2.24, 2.45) is 0 Å². The van der Waals surface area contributed by atoms with Gasteiger partial charge in [0.25, 0.3) is 0 Å². The van der Waals surface area contributed by atoms with Crippen molar-refractivity contribution in [3.05, 3.63) is 186 Å². The number of para-hydroxylation sites is 1. The maximum atomic E-state index is 2.44. The van der Waals surface area contributed by atoms with Gasteiger partial charge in [-0.15, -0.1) is 0 Å². The van der Waals surface area contributed by atoms with Crippen LogP contribution in [0.2, 0.25) is 0 Å². The third-order valence-electron chi connectivity index (χ3n) is 14.3. The number of unbranched alkanes of at least 4 members (excludes halogenated alkanes) is 11. The van der Waals surface area contributed by atoms with E-state index in [1.807, 2.05) is 0 Å². The highest BCUT2D eigenvalue weighted by Crippen LogP contribution is 2.57. The zero-order valence-corrected chi connectivity index (χ0v) is 40.1. The molecule has 8 aromatic carbocycles. The minimum absolute atomic E-state index is 0. The highest BCUT2D eigenvalue weighted by Gasteiger charge is 2.32. The summed E-state index contributed by atoms with van der Waals surface area (Å²) >= 11 is 0. The highest BCUT2D eigenvalue weighted by molar-refractivity contribution is 6.22. The fraction of sp³-hybridized carbons (Fsp3) is 0.313. The molecule has 68 heavy (non-hydrogen) atoms. The second kappa shape index (κ2) is 23.7. The number of anilines is 3. The van der Waals surface area contributed by atoms with E-state index in [0.717, 1.165) is 29.9 Å². The van der Waals surface area contributed by atoms with Crippen LogP contribution in [0.3, 0.4) is 0 Å². The van der Waals surface area contributed by atoms with E-state index in [2.05, 4.69) is 196 Å². The number of nitrogens with zero attached hydrogens (tertiary/aromatic N) is 1. The molecule has 0 atom stereocenters. The molecule has 1 aliphatic carbocycles. The molecule has 0 spiro atoms. The molecule has 0 aliphatic heterocycles. The van der Waals surface area contributed by atoms with E-state index in [0.29, 0.717) is 0 Å². The Labute approximate surface area is 411 Å². The molecule has 0 N–H and O–H groups in total. The van der Waals surface area contributed by atoms with E-state index in [1.165, 1.54) is 161 Å². The average molecular weight is 896 g/mol. The van der Waals surface area contributed by atoms with Crippen LogP contribution in [0.15, 0.2) is 164 Å². The van der Waals surface area contributed by atoms with Crippen molar-refractivity contribution in [1.29, 1.82) is 0 Å². The molecule has 0 radical (unpaired) electrons. The number of aryl methyl sites for hydroxylation is 2. The van der Waals surface area contributed by atoms with Gasteiger partial charge >= 0.3 is 0 Å². The lowest BCUT2D eigenvalue weighted by Gasteiger charge is -2.26. The average Bonchev–Trinajstić information content (AvgIpc) is 3.68. The summed E-state index contributed by atoms with van der Waals surface area (Å²) in [6.07, 6.45) is 19.2. The SMILES string of the molecule is C.C.CCCCCCCCCc1c(CCCCCCCC)c(-c2ccc(C)cc2)c2c(c1-c1ccc(-c3ccc(N(c4ccccc4)c4ccc(C)cc4)cc3)cc1)-c1cccc3cccc-2c13. The Balaban J connectivity index is 0.00000342. The Morgan fingerprint density at radius 2 is 0.691 bits per heavy atom. The standard InChI is InChI=1S/C65H69N.2CH4/c1-5-7-9-11-13-15-20-28-58-57(27-19-14-12-10-8-6-2)62(52-35-31-47(3)32-36-52)64-59-29-21-23-51-24-22-30-60(61(51)59)65(64)63(58)53-39-37-49(38-40-53)50-41-45-56(46-42-50)66(54-25-17-16-18-26-54)55-43-33-48(4)34-44-55;;/h16-18,21-26,29-46H,5-15,19-20,27-28H2,1-4H3;2*1H4. The van der Waals surface area contributed by atoms with E-state index >= 15 is 0 Å². The van der Waals surface area contributed by atoms with E-state index in [4.69, 9.17) is 0 Å². The van der Waals surface area contributed by atoms with Gasteiger partial charge in [0.05, 0.1) is 0 Å². The molecular formula is C67H77N. The molecule has 0 fully saturated rings. The van der Waals surface area contributed by atoms with E-state index in [1.54, 1.807) is 11.1 Å². The Morgan fingerprint density at radius 1 is 0.324 bits per heavy atom. The zero-order chi connectivity index (χ0) is 45.2. The number of hydrogen-bond acceptors (Lipinski definition) is 1. The smallest absolute Gasteiger partial charge is 0.0462 e. The van der Waals surface area contributed by atoms with Gasteiger partial charge in [-0.3, -0.25) is 0 Å². The van der Waals surface area contributed by atoms with Crippen LogP contribution in [-0.2, 0) is 12.8 Å².